The molecular weight excluding hydrogens is 202 g/mol. The normalized spacial score (nSPS) is 28.8. The van der Waals surface area contributed by atoms with Gasteiger partial charge in [0.15, 0.2) is 0 Å². The lowest BCUT2D eigenvalue weighted by Crippen LogP contribution is -2.52. The van der Waals surface area contributed by atoms with E-state index in [0.717, 1.165) is 19.3 Å². The SMILES string of the molecule is CC(N)C(=O)NC1CCCCC1N.Cl. The molecule has 1 aliphatic rings. The first kappa shape index (κ1) is 13.7. The van der Waals surface area contributed by atoms with Gasteiger partial charge in [0.1, 0.15) is 0 Å². The Hall–Kier alpha value is -0.320. The number of carbonyl (C=O) groups is 1. The Bertz CT molecular complexity index is 187. The van der Waals surface area contributed by atoms with E-state index in [4.69, 9.17) is 11.5 Å². The molecule has 14 heavy (non-hydrogen) atoms. The third-order valence-electron chi connectivity index (χ3n) is 2.56. The van der Waals surface area contributed by atoms with Crippen LogP contribution in [0.5, 0.6) is 0 Å². The van der Waals surface area contributed by atoms with Crippen molar-refractivity contribution in [3.63, 3.8) is 0 Å². The molecule has 0 spiro atoms. The van der Waals surface area contributed by atoms with Gasteiger partial charge in [0.2, 0.25) is 5.91 Å². The van der Waals surface area contributed by atoms with Crippen LogP contribution in [0, 0.1) is 0 Å². The predicted octanol–water partition coefficient (Wildman–Crippen LogP) is 0.142. The summed E-state index contributed by atoms with van der Waals surface area (Å²) in [4.78, 5) is 11.3. The van der Waals surface area contributed by atoms with Crippen LogP contribution >= 0.6 is 12.4 Å². The maximum Gasteiger partial charge on any atom is 0.236 e. The maximum atomic E-state index is 11.3. The van der Waals surface area contributed by atoms with Crippen molar-refractivity contribution in [2.45, 2.75) is 50.7 Å². The van der Waals surface area contributed by atoms with Crippen molar-refractivity contribution in [2.24, 2.45) is 11.5 Å². The van der Waals surface area contributed by atoms with Gasteiger partial charge in [-0.2, -0.15) is 0 Å². The van der Waals surface area contributed by atoms with Crippen molar-refractivity contribution in [2.75, 3.05) is 0 Å². The molecule has 0 saturated heterocycles. The van der Waals surface area contributed by atoms with Crippen molar-refractivity contribution in [1.82, 2.24) is 5.32 Å². The lowest BCUT2D eigenvalue weighted by molar-refractivity contribution is -0.123. The average Bonchev–Trinajstić information content (AvgIpc) is 2.08. The molecule has 5 heteroatoms. The summed E-state index contributed by atoms with van der Waals surface area (Å²) >= 11 is 0. The number of nitrogens with two attached hydrogens (primary N) is 2. The summed E-state index contributed by atoms with van der Waals surface area (Å²) in [7, 11) is 0. The first-order valence-corrected chi connectivity index (χ1v) is 4.93. The molecule has 1 amide bonds. The molecule has 0 aliphatic heterocycles. The van der Waals surface area contributed by atoms with Gasteiger partial charge in [-0.05, 0) is 19.8 Å². The standard InChI is InChI=1S/C9H19N3O.ClH/c1-6(10)9(13)12-8-5-3-2-4-7(8)11;/h6-8H,2-5,10-11H2,1H3,(H,12,13);1H. The largest absolute Gasteiger partial charge is 0.350 e. The maximum absolute atomic E-state index is 11.3. The molecule has 0 radical (unpaired) electrons. The van der Waals surface area contributed by atoms with Crippen LogP contribution in [0.25, 0.3) is 0 Å². The topological polar surface area (TPSA) is 81.1 Å². The van der Waals surface area contributed by atoms with Gasteiger partial charge in [-0.3, -0.25) is 4.79 Å². The molecular formula is C9H20ClN3O. The van der Waals surface area contributed by atoms with Crippen molar-refractivity contribution < 1.29 is 4.79 Å². The van der Waals surface area contributed by atoms with E-state index in [2.05, 4.69) is 5.32 Å². The van der Waals surface area contributed by atoms with E-state index in [0.29, 0.717) is 0 Å². The Balaban J connectivity index is 0.00000169. The van der Waals surface area contributed by atoms with E-state index in [1.807, 2.05) is 0 Å². The van der Waals surface area contributed by atoms with Gasteiger partial charge >= 0.3 is 0 Å². The van der Waals surface area contributed by atoms with Crippen molar-refractivity contribution >= 4 is 18.3 Å². The zero-order chi connectivity index (χ0) is 9.84. The Morgan fingerprint density at radius 2 is 2.00 bits per heavy atom. The highest BCUT2D eigenvalue weighted by atomic mass is 35.5. The van der Waals surface area contributed by atoms with Crippen LogP contribution in [0.2, 0.25) is 0 Å². The molecule has 1 saturated carbocycles. The fraction of sp³-hybridized carbons (Fsp3) is 0.889. The Kier molecular flexibility index (Phi) is 6.08. The van der Waals surface area contributed by atoms with Crippen molar-refractivity contribution in [3.05, 3.63) is 0 Å². The fourth-order valence-electron chi connectivity index (χ4n) is 1.65. The molecule has 0 aromatic rings. The number of nitrogens with one attached hydrogen (secondary N) is 1. The Morgan fingerprint density at radius 1 is 1.43 bits per heavy atom. The molecule has 5 N–H and O–H groups in total. The second kappa shape index (κ2) is 6.22. The number of rotatable bonds is 2. The minimum absolute atomic E-state index is 0. The summed E-state index contributed by atoms with van der Waals surface area (Å²) in [6, 6.07) is -0.196. The Labute approximate surface area is 91.2 Å². The monoisotopic (exact) mass is 221 g/mol. The van der Waals surface area contributed by atoms with E-state index in [1.54, 1.807) is 6.92 Å². The smallest absolute Gasteiger partial charge is 0.236 e. The van der Waals surface area contributed by atoms with Crippen LogP contribution < -0.4 is 16.8 Å². The molecule has 0 bridgehead atoms. The number of hydrogen-bond donors (Lipinski definition) is 3. The minimum atomic E-state index is -0.436. The first-order valence-electron chi connectivity index (χ1n) is 4.93. The van der Waals surface area contributed by atoms with Gasteiger partial charge in [-0.15, -0.1) is 12.4 Å². The van der Waals surface area contributed by atoms with Gasteiger partial charge in [-0.25, -0.2) is 0 Å². The molecule has 1 fully saturated rings. The second-order valence-corrected chi connectivity index (χ2v) is 3.85. The molecule has 0 aromatic heterocycles. The summed E-state index contributed by atoms with van der Waals surface area (Å²) in [5.74, 6) is -0.0950. The highest BCUT2D eigenvalue weighted by Gasteiger charge is 2.23. The van der Waals surface area contributed by atoms with Gasteiger partial charge < -0.3 is 16.8 Å². The molecule has 1 aliphatic carbocycles. The zero-order valence-electron chi connectivity index (χ0n) is 8.53. The quantitative estimate of drug-likeness (QED) is 0.621. The first-order chi connectivity index (χ1) is 6.11. The highest BCUT2D eigenvalue weighted by molar-refractivity contribution is 5.85. The molecule has 4 nitrogen and oxygen atoms in total. The molecule has 0 aromatic carbocycles. The van der Waals surface area contributed by atoms with Crippen molar-refractivity contribution in [3.8, 4) is 0 Å². The van der Waals surface area contributed by atoms with E-state index >= 15 is 0 Å². The van der Waals surface area contributed by atoms with Crippen LogP contribution in [0.15, 0.2) is 0 Å². The molecule has 84 valence electrons. The second-order valence-electron chi connectivity index (χ2n) is 3.85. The summed E-state index contributed by atoms with van der Waals surface area (Å²) in [6.45, 7) is 1.68. The fourth-order valence-corrected chi connectivity index (χ4v) is 1.65. The van der Waals surface area contributed by atoms with Crippen LogP contribution in [0.1, 0.15) is 32.6 Å². The highest BCUT2D eigenvalue weighted by Crippen LogP contribution is 2.16. The summed E-state index contributed by atoms with van der Waals surface area (Å²) in [6.07, 6.45) is 4.31. The molecule has 0 heterocycles. The lowest BCUT2D eigenvalue weighted by atomic mass is 9.91. The summed E-state index contributed by atoms with van der Waals surface area (Å²) in [5, 5.41) is 2.88. The van der Waals surface area contributed by atoms with Crippen molar-refractivity contribution in [1.29, 1.82) is 0 Å². The molecule has 3 unspecified atom stereocenters. The predicted molar refractivity (Wildman–Crippen MR) is 59.3 cm³/mol. The van der Waals surface area contributed by atoms with E-state index in [-0.39, 0.29) is 30.4 Å². The third kappa shape index (κ3) is 3.82. The van der Waals surface area contributed by atoms with Gasteiger partial charge in [-0.1, -0.05) is 12.8 Å². The number of amides is 1. The van der Waals surface area contributed by atoms with Crippen LogP contribution in [0.3, 0.4) is 0 Å². The number of hydrogen-bond acceptors (Lipinski definition) is 3. The number of carbonyl (C=O) groups excluding carboxylic acids is 1. The summed E-state index contributed by atoms with van der Waals surface area (Å²) < 4.78 is 0. The third-order valence-corrected chi connectivity index (χ3v) is 2.56. The number of halogens is 1. The van der Waals surface area contributed by atoms with Gasteiger partial charge in [0, 0.05) is 12.1 Å². The van der Waals surface area contributed by atoms with E-state index in [1.165, 1.54) is 6.42 Å². The molecule has 1 rings (SSSR count). The zero-order valence-corrected chi connectivity index (χ0v) is 9.35. The van der Waals surface area contributed by atoms with Crippen LogP contribution in [-0.2, 0) is 4.79 Å². The van der Waals surface area contributed by atoms with Crippen LogP contribution in [-0.4, -0.2) is 24.0 Å². The average molecular weight is 222 g/mol. The lowest BCUT2D eigenvalue weighted by Gasteiger charge is -2.29. The van der Waals surface area contributed by atoms with Gasteiger partial charge in [0.05, 0.1) is 6.04 Å². The van der Waals surface area contributed by atoms with E-state index in [9.17, 15) is 4.79 Å². The minimum Gasteiger partial charge on any atom is -0.350 e. The van der Waals surface area contributed by atoms with E-state index < -0.39 is 6.04 Å². The Morgan fingerprint density at radius 3 is 2.50 bits per heavy atom. The molecule has 3 atom stereocenters. The van der Waals surface area contributed by atoms with Gasteiger partial charge in [0.25, 0.3) is 0 Å². The van der Waals surface area contributed by atoms with Crippen LogP contribution in [0.4, 0.5) is 0 Å². The summed E-state index contributed by atoms with van der Waals surface area (Å²) in [5.41, 5.74) is 11.3.